The predicted molar refractivity (Wildman–Crippen MR) is 89.5 cm³/mol. The lowest BCUT2D eigenvalue weighted by Gasteiger charge is -2.11. The van der Waals surface area contributed by atoms with Crippen molar-refractivity contribution < 1.29 is 18.9 Å². The second-order valence-electron chi connectivity index (χ2n) is 5.33. The topological polar surface area (TPSA) is 89.8 Å². The van der Waals surface area contributed by atoms with Crippen molar-refractivity contribution in [2.75, 3.05) is 20.1 Å². The van der Waals surface area contributed by atoms with Crippen molar-refractivity contribution in [3.05, 3.63) is 46.6 Å². The molecule has 2 amide bonds. The van der Waals surface area contributed by atoms with Gasteiger partial charge in [-0.05, 0) is 24.3 Å². The number of likely N-dealkylation sites (N-methyl/N-ethyl adjacent to an activating group) is 1. The Hall–Kier alpha value is -2.12. The average Bonchev–Trinajstić information content (AvgIpc) is 2.94. The van der Waals surface area contributed by atoms with Gasteiger partial charge in [-0.3, -0.25) is 9.59 Å². The molecule has 7 heteroatoms. The summed E-state index contributed by atoms with van der Waals surface area (Å²) in [5, 5.41) is 2.47. The number of hydrogen-bond donors (Lipinski definition) is 3. The molecule has 0 spiro atoms. The lowest BCUT2D eigenvalue weighted by atomic mass is 10.2. The first kappa shape index (κ1) is 17.2. The van der Waals surface area contributed by atoms with Crippen molar-refractivity contribution in [2.24, 2.45) is 5.73 Å². The van der Waals surface area contributed by atoms with Crippen molar-refractivity contribution in [2.45, 2.75) is 6.54 Å². The zero-order valence-corrected chi connectivity index (χ0v) is 14.4. The van der Waals surface area contributed by atoms with Crippen LogP contribution >= 0.6 is 15.9 Å². The number of quaternary nitrogens is 1. The molecule has 0 aliphatic carbocycles. The second-order valence-corrected chi connectivity index (χ2v) is 6.24. The number of amides is 2. The number of hydrogen-bond acceptors (Lipinski definition) is 3. The summed E-state index contributed by atoms with van der Waals surface area (Å²) >= 11 is 3.40. The van der Waals surface area contributed by atoms with E-state index in [1.54, 1.807) is 0 Å². The molecule has 6 nitrogen and oxygen atoms in total. The van der Waals surface area contributed by atoms with Crippen LogP contribution in [0, 0.1) is 0 Å². The van der Waals surface area contributed by atoms with E-state index in [1.165, 1.54) is 0 Å². The monoisotopic (exact) mass is 380 g/mol. The fourth-order valence-electron chi connectivity index (χ4n) is 2.12. The van der Waals surface area contributed by atoms with E-state index < -0.39 is 5.91 Å². The van der Waals surface area contributed by atoms with E-state index >= 15 is 0 Å². The van der Waals surface area contributed by atoms with E-state index in [0.717, 1.165) is 26.5 Å². The van der Waals surface area contributed by atoms with Gasteiger partial charge in [-0.1, -0.05) is 28.1 Å². The maximum atomic E-state index is 11.6. The van der Waals surface area contributed by atoms with E-state index in [2.05, 4.69) is 21.2 Å². The molecule has 0 aliphatic rings. The molecule has 23 heavy (non-hydrogen) atoms. The first-order valence-corrected chi connectivity index (χ1v) is 7.94. The Morgan fingerprint density at radius 3 is 2.57 bits per heavy atom. The van der Waals surface area contributed by atoms with Crippen molar-refractivity contribution in [3.8, 4) is 11.3 Å². The summed E-state index contributed by atoms with van der Waals surface area (Å²) in [5.41, 5.74) is 5.98. The van der Waals surface area contributed by atoms with Gasteiger partial charge in [-0.2, -0.15) is 0 Å². The first-order valence-electron chi connectivity index (χ1n) is 7.15. The minimum Gasteiger partial charge on any atom is -0.455 e. The van der Waals surface area contributed by atoms with Crippen molar-refractivity contribution in [1.29, 1.82) is 0 Å². The Bertz CT molecular complexity index is 682. The minimum absolute atomic E-state index is 0.138. The number of nitrogens with one attached hydrogen (secondary N) is 2. The largest absolute Gasteiger partial charge is 0.455 e. The molecule has 122 valence electrons. The van der Waals surface area contributed by atoms with Gasteiger partial charge in [0, 0.05) is 10.0 Å². The van der Waals surface area contributed by atoms with Crippen molar-refractivity contribution >= 4 is 27.7 Å². The Morgan fingerprint density at radius 1 is 1.22 bits per heavy atom. The summed E-state index contributed by atoms with van der Waals surface area (Å²) < 4.78 is 6.83. The van der Waals surface area contributed by atoms with Gasteiger partial charge in [-0.15, -0.1) is 0 Å². The molecule has 0 saturated carbocycles. The maximum absolute atomic E-state index is 11.6. The number of furan rings is 1. The quantitative estimate of drug-likeness (QED) is 0.646. The highest BCUT2D eigenvalue weighted by molar-refractivity contribution is 9.10. The van der Waals surface area contributed by atoms with Crippen LogP contribution in [0.2, 0.25) is 0 Å². The van der Waals surface area contributed by atoms with Gasteiger partial charge >= 0.3 is 0 Å². The molecule has 2 aromatic rings. The molecule has 1 atom stereocenters. The SMILES string of the molecule is C[NH+](CC(=O)NCC(N)=O)Cc1ccc(-c2ccc(Br)cc2)o1. The molecule has 0 bridgehead atoms. The molecule has 0 fully saturated rings. The zero-order chi connectivity index (χ0) is 16.8. The molecule has 0 aliphatic heterocycles. The van der Waals surface area contributed by atoms with Gasteiger partial charge < -0.3 is 20.4 Å². The summed E-state index contributed by atoms with van der Waals surface area (Å²) in [5.74, 6) is 0.809. The Morgan fingerprint density at radius 2 is 1.91 bits per heavy atom. The lowest BCUT2D eigenvalue weighted by Crippen LogP contribution is -3.08. The van der Waals surface area contributed by atoms with Gasteiger partial charge in [0.15, 0.2) is 12.3 Å². The Kier molecular flexibility index (Phi) is 5.95. The average molecular weight is 381 g/mol. The molecule has 1 heterocycles. The maximum Gasteiger partial charge on any atom is 0.275 e. The van der Waals surface area contributed by atoms with E-state index in [-0.39, 0.29) is 19.0 Å². The number of nitrogens with two attached hydrogens (primary N) is 1. The van der Waals surface area contributed by atoms with Gasteiger partial charge in [0.05, 0.1) is 13.6 Å². The zero-order valence-electron chi connectivity index (χ0n) is 12.8. The standard InChI is InChI=1S/C16H18BrN3O3/c1-20(10-16(22)19-8-15(18)21)9-13-6-7-14(23-13)11-2-4-12(17)5-3-11/h2-7H,8-10H2,1H3,(H2,18,21)(H,19,22)/p+1. The third kappa shape index (κ3) is 5.54. The van der Waals surface area contributed by atoms with Crippen LogP contribution in [0.4, 0.5) is 0 Å². The van der Waals surface area contributed by atoms with Gasteiger partial charge in [0.25, 0.3) is 5.91 Å². The van der Waals surface area contributed by atoms with Crippen LogP contribution in [0.25, 0.3) is 11.3 Å². The predicted octanol–water partition coefficient (Wildman–Crippen LogP) is 0.325. The van der Waals surface area contributed by atoms with Crippen LogP contribution in [-0.4, -0.2) is 32.0 Å². The summed E-state index contributed by atoms with van der Waals surface area (Å²) in [7, 11) is 1.88. The number of carbonyl (C=O) groups is 2. The molecule has 2 rings (SSSR count). The number of rotatable bonds is 7. The van der Waals surface area contributed by atoms with Gasteiger partial charge in [0.2, 0.25) is 5.91 Å². The van der Waals surface area contributed by atoms with Crippen LogP contribution in [0.15, 0.2) is 45.3 Å². The van der Waals surface area contributed by atoms with Gasteiger partial charge in [-0.25, -0.2) is 0 Å². The summed E-state index contributed by atoms with van der Waals surface area (Å²) in [6, 6.07) is 11.7. The van der Waals surface area contributed by atoms with E-state index in [0.29, 0.717) is 6.54 Å². The fraction of sp³-hybridized carbons (Fsp3) is 0.250. The summed E-state index contributed by atoms with van der Waals surface area (Å²) in [6.07, 6.45) is 0. The van der Waals surface area contributed by atoms with Crippen LogP contribution in [0.1, 0.15) is 5.76 Å². The molecular formula is C16H19BrN3O3+. The number of carbonyl (C=O) groups excluding carboxylic acids is 2. The lowest BCUT2D eigenvalue weighted by molar-refractivity contribution is -0.886. The molecule has 4 N–H and O–H groups in total. The number of benzene rings is 1. The van der Waals surface area contributed by atoms with E-state index in [1.807, 2.05) is 43.4 Å². The molecule has 1 aromatic carbocycles. The molecule has 0 saturated heterocycles. The third-order valence-corrected chi connectivity index (χ3v) is 3.72. The molecule has 1 aromatic heterocycles. The van der Waals surface area contributed by atoms with Crippen LogP contribution in [0.5, 0.6) is 0 Å². The van der Waals surface area contributed by atoms with Crippen LogP contribution < -0.4 is 16.0 Å². The fourth-order valence-corrected chi connectivity index (χ4v) is 2.39. The Balaban J connectivity index is 1.89. The van der Waals surface area contributed by atoms with Crippen molar-refractivity contribution in [3.63, 3.8) is 0 Å². The third-order valence-electron chi connectivity index (χ3n) is 3.19. The van der Waals surface area contributed by atoms with Gasteiger partial charge in [0.1, 0.15) is 12.3 Å². The van der Waals surface area contributed by atoms with E-state index in [4.69, 9.17) is 10.2 Å². The second kappa shape index (κ2) is 7.94. The van der Waals surface area contributed by atoms with Crippen LogP contribution in [0.3, 0.4) is 0 Å². The number of halogens is 1. The molecular weight excluding hydrogens is 362 g/mol. The normalized spacial score (nSPS) is 11.9. The Labute approximate surface area is 142 Å². The highest BCUT2D eigenvalue weighted by Crippen LogP contribution is 2.23. The highest BCUT2D eigenvalue weighted by atomic mass is 79.9. The molecule has 0 radical (unpaired) electrons. The van der Waals surface area contributed by atoms with Crippen LogP contribution in [-0.2, 0) is 16.1 Å². The summed E-state index contributed by atoms with van der Waals surface area (Å²) in [6.45, 7) is 0.669. The molecule has 1 unspecified atom stereocenters. The minimum atomic E-state index is -0.554. The van der Waals surface area contributed by atoms with E-state index in [9.17, 15) is 9.59 Å². The first-order chi connectivity index (χ1) is 10.9. The number of primary amides is 1. The highest BCUT2D eigenvalue weighted by Gasteiger charge is 2.13. The smallest absolute Gasteiger partial charge is 0.275 e. The summed E-state index contributed by atoms with van der Waals surface area (Å²) in [4.78, 5) is 23.2. The van der Waals surface area contributed by atoms with Crippen molar-refractivity contribution in [1.82, 2.24) is 5.32 Å².